The van der Waals surface area contributed by atoms with Crippen molar-refractivity contribution in [3.63, 3.8) is 0 Å². The third kappa shape index (κ3) is 4.32. The van der Waals surface area contributed by atoms with Crippen LogP contribution in [0.15, 0.2) is 48.8 Å². The fourth-order valence-corrected chi connectivity index (χ4v) is 2.25. The van der Waals surface area contributed by atoms with Gasteiger partial charge in [-0.1, -0.05) is 19.1 Å². The normalized spacial score (nSPS) is 14.0. The highest BCUT2D eigenvalue weighted by Gasteiger charge is 2.30. The lowest BCUT2D eigenvalue weighted by Gasteiger charge is -2.23. The molecule has 0 fully saturated rings. The summed E-state index contributed by atoms with van der Waals surface area (Å²) in [5.74, 6) is -0.402. The van der Waals surface area contributed by atoms with Gasteiger partial charge in [0.15, 0.2) is 0 Å². The van der Waals surface area contributed by atoms with Crippen LogP contribution in [0.2, 0.25) is 0 Å². The maximum atomic E-state index is 12.6. The summed E-state index contributed by atoms with van der Waals surface area (Å²) in [6.45, 7) is 1.77. The number of benzene rings is 1. The Kier molecular flexibility index (Phi) is 5.56. The molecular weight excluding hydrogens is 321 g/mol. The van der Waals surface area contributed by atoms with Crippen molar-refractivity contribution < 1.29 is 23.1 Å². The molecule has 1 aromatic carbocycles. The monoisotopic (exact) mass is 338 g/mol. The molecule has 2 N–H and O–H groups in total. The number of alkyl halides is 3. The van der Waals surface area contributed by atoms with E-state index in [1.807, 2.05) is 0 Å². The summed E-state index contributed by atoms with van der Waals surface area (Å²) in [6.07, 6.45) is -2.20. The average Bonchev–Trinajstić information content (AvgIpc) is 2.59. The summed E-state index contributed by atoms with van der Waals surface area (Å²) in [5, 5.41) is 13.0. The Morgan fingerprint density at radius 2 is 1.92 bits per heavy atom. The predicted molar refractivity (Wildman–Crippen MR) is 82.2 cm³/mol. The number of halogens is 3. The van der Waals surface area contributed by atoms with Crippen LogP contribution in [-0.2, 0) is 6.18 Å². The van der Waals surface area contributed by atoms with Crippen molar-refractivity contribution in [2.75, 3.05) is 0 Å². The van der Waals surface area contributed by atoms with E-state index >= 15 is 0 Å². The number of amides is 1. The minimum atomic E-state index is -4.43. The van der Waals surface area contributed by atoms with E-state index in [0.29, 0.717) is 17.5 Å². The second kappa shape index (κ2) is 7.44. The lowest BCUT2D eigenvalue weighted by Crippen LogP contribution is -2.39. The molecule has 24 heavy (non-hydrogen) atoms. The van der Waals surface area contributed by atoms with Crippen molar-refractivity contribution in [2.24, 2.45) is 0 Å². The number of carbonyl (C=O) groups excluding carboxylic acids is 1. The van der Waals surface area contributed by atoms with E-state index in [1.54, 1.807) is 19.1 Å². The molecule has 0 bridgehead atoms. The van der Waals surface area contributed by atoms with E-state index in [4.69, 9.17) is 0 Å². The number of pyridine rings is 1. The van der Waals surface area contributed by atoms with Crippen molar-refractivity contribution in [1.82, 2.24) is 10.3 Å². The molecule has 4 nitrogen and oxygen atoms in total. The van der Waals surface area contributed by atoms with Crippen LogP contribution in [-0.4, -0.2) is 22.0 Å². The molecule has 1 aromatic heterocycles. The molecule has 0 saturated heterocycles. The number of nitrogens with zero attached hydrogens (tertiary/aromatic N) is 1. The number of aliphatic hydroxyl groups excluding tert-OH is 1. The van der Waals surface area contributed by atoms with Gasteiger partial charge < -0.3 is 10.4 Å². The predicted octanol–water partition coefficient (Wildman–Crippen LogP) is 3.34. The third-order valence-electron chi connectivity index (χ3n) is 3.64. The maximum absolute atomic E-state index is 12.6. The van der Waals surface area contributed by atoms with Crippen LogP contribution in [0.5, 0.6) is 0 Å². The molecule has 0 saturated carbocycles. The topological polar surface area (TPSA) is 62.2 Å². The van der Waals surface area contributed by atoms with E-state index in [1.165, 1.54) is 24.5 Å². The maximum Gasteiger partial charge on any atom is 0.416 e. The molecule has 2 aromatic rings. The molecular formula is C17H17F3N2O2. The summed E-state index contributed by atoms with van der Waals surface area (Å²) >= 11 is 0. The fraction of sp³-hybridized carbons (Fsp3) is 0.294. The summed E-state index contributed by atoms with van der Waals surface area (Å²) in [6, 6.07) is 6.82. The van der Waals surface area contributed by atoms with E-state index in [-0.39, 0.29) is 0 Å². The number of aromatic nitrogens is 1. The summed E-state index contributed by atoms with van der Waals surface area (Å²) in [4.78, 5) is 16.0. The number of aliphatic hydroxyl groups is 1. The van der Waals surface area contributed by atoms with Crippen LogP contribution in [0.4, 0.5) is 13.2 Å². The molecule has 2 unspecified atom stereocenters. The zero-order chi connectivity index (χ0) is 17.7. The fourth-order valence-electron chi connectivity index (χ4n) is 2.25. The Morgan fingerprint density at radius 3 is 2.42 bits per heavy atom. The number of carbonyl (C=O) groups is 1. The highest BCUT2D eigenvalue weighted by atomic mass is 19.4. The first-order valence-corrected chi connectivity index (χ1v) is 7.39. The van der Waals surface area contributed by atoms with Gasteiger partial charge in [0, 0.05) is 12.4 Å². The number of nitrogens with one attached hydrogen (secondary N) is 1. The van der Waals surface area contributed by atoms with Crippen molar-refractivity contribution in [1.29, 1.82) is 0 Å². The Bertz CT molecular complexity index is 672. The van der Waals surface area contributed by atoms with Crippen molar-refractivity contribution in [2.45, 2.75) is 31.7 Å². The van der Waals surface area contributed by atoms with Gasteiger partial charge >= 0.3 is 6.18 Å². The van der Waals surface area contributed by atoms with Gasteiger partial charge in [-0.15, -0.1) is 0 Å². The van der Waals surface area contributed by atoms with E-state index in [9.17, 15) is 23.1 Å². The lowest BCUT2D eigenvalue weighted by molar-refractivity contribution is -0.137. The SMILES string of the molecule is CCC(NC(=O)c1cccnc1)C(O)c1ccc(C(F)(F)F)cc1. The molecule has 7 heteroatoms. The molecule has 0 aliphatic heterocycles. The summed E-state index contributed by atoms with van der Waals surface area (Å²) < 4.78 is 37.7. The Hall–Kier alpha value is -2.41. The first-order valence-electron chi connectivity index (χ1n) is 7.39. The molecule has 0 spiro atoms. The number of hydrogen-bond acceptors (Lipinski definition) is 3. The van der Waals surface area contributed by atoms with Gasteiger partial charge in [0.25, 0.3) is 5.91 Å². The Balaban J connectivity index is 2.11. The molecule has 2 rings (SSSR count). The van der Waals surface area contributed by atoms with Gasteiger partial charge in [-0.3, -0.25) is 9.78 Å². The number of rotatable bonds is 5. The van der Waals surface area contributed by atoms with E-state index in [0.717, 1.165) is 12.1 Å². The quantitative estimate of drug-likeness (QED) is 0.879. The molecule has 2 atom stereocenters. The van der Waals surface area contributed by atoms with E-state index < -0.39 is 29.8 Å². The average molecular weight is 338 g/mol. The molecule has 128 valence electrons. The molecule has 1 heterocycles. The van der Waals surface area contributed by atoms with Crippen molar-refractivity contribution in [3.05, 3.63) is 65.5 Å². The van der Waals surface area contributed by atoms with Gasteiger partial charge in [-0.05, 0) is 36.2 Å². The zero-order valence-electron chi connectivity index (χ0n) is 12.9. The minimum absolute atomic E-state index is 0.307. The van der Waals surface area contributed by atoms with E-state index in [2.05, 4.69) is 10.3 Å². The first kappa shape index (κ1) is 17.9. The minimum Gasteiger partial charge on any atom is -0.386 e. The Labute approximate surface area is 137 Å². The van der Waals surface area contributed by atoms with Gasteiger partial charge in [-0.25, -0.2) is 0 Å². The highest BCUT2D eigenvalue weighted by Crippen LogP contribution is 2.30. The van der Waals surface area contributed by atoms with Gasteiger partial charge in [0.2, 0.25) is 0 Å². The smallest absolute Gasteiger partial charge is 0.386 e. The lowest BCUT2D eigenvalue weighted by atomic mass is 9.98. The standard InChI is InChI=1S/C17H17F3N2O2/c1-2-14(22-16(24)12-4-3-9-21-10-12)15(23)11-5-7-13(8-6-11)17(18,19)20/h3-10,14-15,23H,2H2,1H3,(H,22,24). The summed E-state index contributed by atoms with van der Waals surface area (Å²) in [5.41, 5.74) is -0.136. The molecule has 0 aliphatic carbocycles. The highest BCUT2D eigenvalue weighted by molar-refractivity contribution is 5.94. The van der Waals surface area contributed by atoms with Crippen LogP contribution >= 0.6 is 0 Å². The first-order chi connectivity index (χ1) is 11.3. The van der Waals surface area contributed by atoms with Crippen LogP contribution < -0.4 is 5.32 Å². The second-order valence-electron chi connectivity index (χ2n) is 5.29. The van der Waals surface area contributed by atoms with Gasteiger partial charge in [-0.2, -0.15) is 13.2 Å². The van der Waals surface area contributed by atoms with Gasteiger partial charge in [0.05, 0.1) is 23.3 Å². The van der Waals surface area contributed by atoms with Crippen LogP contribution in [0.25, 0.3) is 0 Å². The largest absolute Gasteiger partial charge is 0.416 e. The molecule has 0 radical (unpaired) electrons. The molecule has 0 aliphatic rings. The second-order valence-corrected chi connectivity index (χ2v) is 5.29. The van der Waals surface area contributed by atoms with Crippen LogP contribution in [0.1, 0.15) is 40.9 Å². The van der Waals surface area contributed by atoms with Crippen molar-refractivity contribution >= 4 is 5.91 Å². The van der Waals surface area contributed by atoms with Crippen molar-refractivity contribution in [3.8, 4) is 0 Å². The third-order valence-corrected chi connectivity index (χ3v) is 3.64. The summed E-state index contributed by atoms with van der Waals surface area (Å²) in [7, 11) is 0. The Morgan fingerprint density at radius 1 is 1.25 bits per heavy atom. The molecule has 1 amide bonds. The number of hydrogen-bond donors (Lipinski definition) is 2. The van der Waals surface area contributed by atoms with Crippen LogP contribution in [0.3, 0.4) is 0 Å². The zero-order valence-corrected chi connectivity index (χ0v) is 12.9. The van der Waals surface area contributed by atoms with Crippen LogP contribution in [0, 0.1) is 0 Å². The van der Waals surface area contributed by atoms with Gasteiger partial charge in [0.1, 0.15) is 0 Å².